The molecule has 0 heterocycles. The van der Waals surface area contributed by atoms with Crippen molar-refractivity contribution in [1.82, 2.24) is 0 Å². The maximum atomic E-state index is 12.5. The Morgan fingerprint density at radius 1 is 0.724 bits per heavy atom. The van der Waals surface area contributed by atoms with Gasteiger partial charge in [-0.2, -0.15) is 26.3 Å². The van der Waals surface area contributed by atoms with Crippen LogP contribution < -0.4 is 14.9 Å². The van der Waals surface area contributed by atoms with Crippen LogP contribution in [0.15, 0.2) is 48.5 Å². The van der Waals surface area contributed by atoms with Crippen molar-refractivity contribution in [3.8, 4) is 11.5 Å². The summed E-state index contributed by atoms with van der Waals surface area (Å²) in [6.07, 6.45) is -8.89. The topological polar surface area (TPSA) is 67.9 Å². The smallest absolute Gasteiger partial charge is 0.477 e. The van der Waals surface area contributed by atoms with E-state index < -0.39 is 23.8 Å². The van der Waals surface area contributed by atoms with Gasteiger partial charge in [0.2, 0.25) is 0 Å². The molecule has 0 spiro atoms. The van der Waals surface area contributed by atoms with Crippen molar-refractivity contribution in [2.45, 2.75) is 18.8 Å². The summed E-state index contributed by atoms with van der Waals surface area (Å²) in [6, 6.07) is 10.1. The second kappa shape index (κ2) is 8.97. The first-order valence-electron chi connectivity index (χ1n) is 8.30. The molecule has 0 fully saturated rings. The van der Waals surface area contributed by atoms with E-state index >= 15 is 0 Å². The lowest BCUT2D eigenvalue weighted by molar-refractivity contribution is -0.166. The van der Waals surface area contributed by atoms with E-state index in [4.69, 9.17) is 20.3 Å². The molecule has 0 amide bonds. The third kappa shape index (κ3) is 6.51. The summed E-state index contributed by atoms with van der Waals surface area (Å²) in [5.74, 6) is 0.699. The molecule has 0 saturated carbocycles. The third-order valence-corrected chi connectivity index (χ3v) is 3.72. The van der Waals surface area contributed by atoms with E-state index in [9.17, 15) is 26.3 Å². The second-order valence-electron chi connectivity index (χ2n) is 5.88. The molecule has 156 valence electrons. The fourth-order valence-electron chi connectivity index (χ4n) is 2.21. The Bertz CT molecular complexity index is 771. The lowest BCUT2D eigenvalue weighted by Gasteiger charge is -2.10. The molecule has 2 rings (SSSR count). The van der Waals surface area contributed by atoms with Crippen LogP contribution in [0.2, 0.25) is 0 Å². The van der Waals surface area contributed by atoms with Crippen LogP contribution in [-0.4, -0.2) is 37.0 Å². The molecular weight excluding hydrogens is 402 g/mol. The van der Waals surface area contributed by atoms with Gasteiger partial charge in [-0.1, -0.05) is 0 Å². The Hall–Kier alpha value is -3.04. The predicted octanol–water partition coefficient (Wildman–Crippen LogP) is 3.58. The number of hydrogen-bond acceptors (Lipinski definition) is 3. The van der Waals surface area contributed by atoms with Crippen LogP contribution in [0.4, 0.5) is 26.3 Å². The highest BCUT2D eigenvalue weighted by Crippen LogP contribution is 2.23. The van der Waals surface area contributed by atoms with Gasteiger partial charge in [0, 0.05) is 12.0 Å². The molecule has 0 aliphatic rings. The van der Waals surface area contributed by atoms with Crippen molar-refractivity contribution in [1.29, 1.82) is 5.41 Å². The average Bonchev–Trinajstić information content (AvgIpc) is 2.66. The number of rotatable bonds is 8. The first kappa shape index (κ1) is 22.3. The van der Waals surface area contributed by atoms with Crippen molar-refractivity contribution in [2.75, 3.05) is 13.2 Å². The Balaban J connectivity index is 1.75. The standard InChI is InChI=1S/C19H16F6N2O2/c20-18(21,22)16(26)12-2-6-14(7-3-12)28-10-1-11-29-15-8-4-13(5-9-15)17(27)19(23,24)25/h2-9,26-27H,1,10-11H2/p+1. The van der Waals surface area contributed by atoms with Crippen molar-refractivity contribution in [3.63, 3.8) is 0 Å². The zero-order valence-corrected chi connectivity index (χ0v) is 14.9. The normalized spacial score (nSPS) is 11.8. The number of nitrogens with two attached hydrogens (primary N) is 1. The van der Waals surface area contributed by atoms with Gasteiger partial charge in [0.25, 0.3) is 5.71 Å². The van der Waals surface area contributed by atoms with Crippen LogP contribution in [0.25, 0.3) is 0 Å². The molecule has 0 aliphatic carbocycles. The lowest BCUT2D eigenvalue weighted by atomic mass is 10.1. The van der Waals surface area contributed by atoms with Gasteiger partial charge >= 0.3 is 12.4 Å². The molecule has 4 nitrogen and oxygen atoms in total. The molecule has 10 heteroatoms. The summed E-state index contributed by atoms with van der Waals surface area (Å²) in [7, 11) is 0. The van der Waals surface area contributed by atoms with Crippen LogP contribution in [-0.2, 0) is 0 Å². The van der Waals surface area contributed by atoms with E-state index in [0.29, 0.717) is 17.9 Å². The molecule has 0 unspecified atom stereocenters. The third-order valence-electron chi connectivity index (χ3n) is 3.72. The molecular formula is C19H17F6N2O2+. The summed E-state index contributed by atoms with van der Waals surface area (Å²) in [5, 5.41) is 12.1. The fraction of sp³-hybridized carbons (Fsp3) is 0.263. The lowest BCUT2D eigenvalue weighted by Crippen LogP contribution is -2.49. The number of benzene rings is 2. The highest BCUT2D eigenvalue weighted by Gasteiger charge is 2.40. The van der Waals surface area contributed by atoms with Gasteiger partial charge in [-0.15, -0.1) is 0 Å². The Morgan fingerprint density at radius 3 is 1.52 bits per heavy atom. The summed E-state index contributed by atoms with van der Waals surface area (Å²) in [5.41, 5.74) is -3.04. The zero-order chi connectivity index (χ0) is 21.7. The molecule has 0 atom stereocenters. The first-order valence-corrected chi connectivity index (χ1v) is 8.30. The minimum atomic E-state index is -4.71. The summed E-state index contributed by atoms with van der Waals surface area (Å²) < 4.78 is 85.6. The van der Waals surface area contributed by atoms with E-state index in [1.807, 2.05) is 0 Å². The number of hydrogen-bond donors (Lipinski definition) is 2. The van der Waals surface area contributed by atoms with E-state index in [1.165, 1.54) is 36.4 Å². The minimum absolute atomic E-state index is 0.157. The van der Waals surface area contributed by atoms with Crippen LogP contribution in [0.1, 0.15) is 17.5 Å². The van der Waals surface area contributed by atoms with Crippen molar-refractivity contribution >= 4 is 11.4 Å². The minimum Gasteiger partial charge on any atom is -0.493 e. The predicted molar refractivity (Wildman–Crippen MR) is 93.5 cm³/mol. The number of ether oxygens (including phenoxy) is 2. The zero-order valence-electron chi connectivity index (χ0n) is 14.9. The first-order chi connectivity index (χ1) is 13.5. The van der Waals surface area contributed by atoms with Gasteiger partial charge in [-0.05, 0) is 48.5 Å². The quantitative estimate of drug-likeness (QED) is 0.390. The molecule has 0 bridgehead atoms. The Morgan fingerprint density at radius 2 is 1.14 bits per heavy atom. The largest absolute Gasteiger partial charge is 0.493 e. The number of nitrogens with one attached hydrogen (secondary N) is 1. The highest BCUT2D eigenvalue weighted by molar-refractivity contribution is 6.02. The van der Waals surface area contributed by atoms with Gasteiger partial charge in [-0.3, -0.25) is 5.41 Å². The highest BCUT2D eigenvalue weighted by atomic mass is 19.4. The average molecular weight is 419 g/mol. The summed E-state index contributed by atoms with van der Waals surface area (Å²) in [6.45, 7) is 0.428. The Labute approximate surface area is 162 Å². The van der Waals surface area contributed by atoms with Crippen molar-refractivity contribution in [2.24, 2.45) is 0 Å². The fourth-order valence-corrected chi connectivity index (χ4v) is 2.21. The van der Waals surface area contributed by atoms with E-state index in [1.54, 1.807) is 0 Å². The number of halogens is 6. The molecule has 2 aromatic carbocycles. The van der Waals surface area contributed by atoms with E-state index in [0.717, 1.165) is 12.1 Å². The van der Waals surface area contributed by atoms with Gasteiger partial charge in [0.05, 0.1) is 18.8 Å². The van der Waals surface area contributed by atoms with Gasteiger partial charge in [0.1, 0.15) is 17.2 Å². The van der Waals surface area contributed by atoms with Crippen LogP contribution >= 0.6 is 0 Å². The van der Waals surface area contributed by atoms with Gasteiger partial charge < -0.3 is 9.47 Å². The summed E-state index contributed by atoms with van der Waals surface area (Å²) in [4.78, 5) is 0. The molecule has 29 heavy (non-hydrogen) atoms. The molecule has 0 aliphatic heterocycles. The van der Waals surface area contributed by atoms with Gasteiger partial charge in [0.15, 0.2) is 0 Å². The van der Waals surface area contributed by atoms with E-state index in [2.05, 4.69) is 0 Å². The van der Waals surface area contributed by atoms with Crippen molar-refractivity contribution in [3.05, 3.63) is 59.7 Å². The SMILES string of the molecule is N=C(c1ccc(OCCCOc2ccc(C(=[NH2+])C(F)(F)F)cc2)cc1)C(F)(F)F. The molecule has 0 aromatic heterocycles. The number of alkyl halides is 6. The molecule has 0 radical (unpaired) electrons. The maximum Gasteiger partial charge on any atom is 0.477 e. The second-order valence-corrected chi connectivity index (χ2v) is 5.88. The Kier molecular flexibility index (Phi) is 6.89. The van der Waals surface area contributed by atoms with Crippen molar-refractivity contribution < 1.29 is 41.2 Å². The van der Waals surface area contributed by atoms with E-state index in [-0.39, 0.29) is 24.3 Å². The van der Waals surface area contributed by atoms with Crippen LogP contribution in [0, 0.1) is 5.41 Å². The maximum absolute atomic E-state index is 12.5. The molecule has 0 saturated heterocycles. The van der Waals surface area contributed by atoms with Gasteiger partial charge in [-0.25, -0.2) is 5.41 Å². The summed E-state index contributed by atoms with van der Waals surface area (Å²) >= 11 is 0. The molecule has 2 aromatic rings. The van der Waals surface area contributed by atoms with Crippen LogP contribution in [0.5, 0.6) is 11.5 Å². The monoisotopic (exact) mass is 419 g/mol. The van der Waals surface area contributed by atoms with Crippen LogP contribution in [0.3, 0.4) is 0 Å². The molecule has 3 N–H and O–H groups in total.